The molecule has 1 atom stereocenters. The molecule has 0 aliphatic rings. The fraction of sp³-hybridized carbons (Fsp3) is 0.533. The van der Waals surface area contributed by atoms with Gasteiger partial charge in [-0.15, -0.1) is 0 Å². The van der Waals surface area contributed by atoms with Crippen LogP contribution < -0.4 is 10.1 Å². The summed E-state index contributed by atoms with van der Waals surface area (Å²) >= 11 is 0. The Hall–Kier alpha value is -1.75. The second kappa shape index (κ2) is 6.61. The molecule has 1 unspecified atom stereocenters. The molecule has 0 aliphatic carbocycles. The fourth-order valence-electron chi connectivity index (χ4n) is 2.14. The highest BCUT2D eigenvalue weighted by atomic mass is 16.5. The largest absolute Gasteiger partial charge is 0.507 e. The molecule has 0 aliphatic heterocycles. The molecule has 5 heteroatoms. The lowest BCUT2D eigenvalue weighted by atomic mass is 9.94. The summed E-state index contributed by atoms with van der Waals surface area (Å²) < 4.78 is 5.02. The Bertz CT molecular complexity index is 469. The van der Waals surface area contributed by atoms with Crippen LogP contribution in [-0.4, -0.2) is 35.4 Å². The van der Waals surface area contributed by atoms with Gasteiger partial charge in [-0.3, -0.25) is 4.79 Å². The van der Waals surface area contributed by atoms with Gasteiger partial charge in [0.05, 0.1) is 18.3 Å². The Kier molecular flexibility index (Phi) is 5.39. The predicted molar refractivity (Wildman–Crippen MR) is 77.1 cm³/mol. The minimum absolute atomic E-state index is 0.119. The Labute approximate surface area is 119 Å². The molecular formula is C15H23NO4. The molecular weight excluding hydrogens is 258 g/mol. The van der Waals surface area contributed by atoms with Crippen LogP contribution in [0.2, 0.25) is 0 Å². The molecule has 3 N–H and O–H groups in total. The van der Waals surface area contributed by atoms with E-state index in [2.05, 4.69) is 5.32 Å². The maximum absolute atomic E-state index is 12.0. The van der Waals surface area contributed by atoms with Gasteiger partial charge in [-0.25, -0.2) is 0 Å². The van der Waals surface area contributed by atoms with Crippen LogP contribution in [0.25, 0.3) is 0 Å². The number of ether oxygens (including phenoxy) is 1. The van der Waals surface area contributed by atoms with Crippen LogP contribution >= 0.6 is 0 Å². The molecule has 0 fully saturated rings. The highest BCUT2D eigenvalue weighted by Crippen LogP contribution is 2.23. The van der Waals surface area contributed by atoms with Gasteiger partial charge in [0.2, 0.25) is 0 Å². The van der Waals surface area contributed by atoms with Crippen molar-refractivity contribution in [1.29, 1.82) is 0 Å². The minimum Gasteiger partial charge on any atom is -0.507 e. The first-order chi connectivity index (χ1) is 9.25. The first kappa shape index (κ1) is 16.3. The number of hydrogen-bond acceptors (Lipinski definition) is 4. The maximum Gasteiger partial charge on any atom is 0.255 e. The Morgan fingerprint density at radius 1 is 1.45 bits per heavy atom. The number of rotatable bonds is 6. The predicted octanol–water partition coefficient (Wildman–Crippen LogP) is 1.93. The van der Waals surface area contributed by atoms with Crippen LogP contribution in [0.1, 0.15) is 37.6 Å². The zero-order chi connectivity index (χ0) is 15.3. The van der Waals surface area contributed by atoms with Gasteiger partial charge in [-0.05, 0) is 37.5 Å². The van der Waals surface area contributed by atoms with Crippen molar-refractivity contribution in [3.05, 3.63) is 23.8 Å². The zero-order valence-electron chi connectivity index (χ0n) is 12.4. The van der Waals surface area contributed by atoms with Crippen LogP contribution in [-0.2, 0) is 0 Å². The van der Waals surface area contributed by atoms with Crippen molar-refractivity contribution in [3.63, 3.8) is 0 Å². The summed E-state index contributed by atoms with van der Waals surface area (Å²) in [5.74, 6) is 0.256. The van der Waals surface area contributed by atoms with Gasteiger partial charge in [0.1, 0.15) is 11.5 Å². The quantitative estimate of drug-likeness (QED) is 0.744. The highest BCUT2D eigenvalue weighted by molar-refractivity contribution is 5.97. The fourth-order valence-corrected chi connectivity index (χ4v) is 2.14. The number of phenols is 1. The molecule has 1 amide bonds. The number of nitrogens with one attached hydrogen (secondary N) is 1. The van der Waals surface area contributed by atoms with Crippen molar-refractivity contribution < 1.29 is 19.7 Å². The lowest BCUT2D eigenvalue weighted by molar-refractivity contribution is 0.0368. The number of carbonyl (C=O) groups excluding carboxylic acids is 1. The van der Waals surface area contributed by atoms with Crippen molar-refractivity contribution in [2.24, 2.45) is 5.92 Å². The molecule has 112 valence electrons. The van der Waals surface area contributed by atoms with E-state index in [1.807, 2.05) is 13.8 Å². The summed E-state index contributed by atoms with van der Waals surface area (Å²) in [4.78, 5) is 12.0. The van der Waals surface area contributed by atoms with E-state index in [9.17, 15) is 15.0 Å². The van der Waals surface area contributed by atoms with E-state index >= 15 is 0 Å². The first-order valence-electron chi connectivity index (χ1n) is 6.63. The third-order valence-electron chi connectivity index (χ3n) is 2.93. The molecule has 0 radical (unpaired) electrons. The standard InChI is InChI=1S/C15H23NO4/c1-10(2)8-15(3,19)9-16-14(18)12-7-11(20-4)5-6-13(12)17/h5-7,10,17,19H,8-9H2,1-4H3,(H,16,18). The smallest absolute Gasteiger partial charge is 0.255 e. The van der Waals surface area contributed by atoms with E-state index in [0.29, 0.717) is 18.1 Å². The number of phenolic OH excluding ortho intramolecular Hbond substituents is 1. The van der Waals surface area contributed by atoms with E-state index in [0.717, 1.165) is 0 Å². The monoisotopic (exact) mass is 281 g/mol. The molecule has 20 heavy (non-hydrogen) atoms. The summed E-state index contributed by atoms with van der Waals surface area (Å²) in [6, 6.07) is 4.43. The maximum atomic E-state index is 12.0. The van der Waals surface area contributed by atoms with Crippen LogP contribution in [0, 0.1) is 5.92 Å². The molecule has 0 spiro atoms. The zero-order valence-corrected chi connectivity index (χ0v) is 12.4. The van der Waals surface area contributed by atoms with Gasteiger partial charge >= 0.3 is 0 Å². The molecule has 0 saturated heterocycles. The van der Waals surface area contributed by atoms with Gasteiger partial charge in [0.25, 0.3) is 5.91 Å². The van der Waals surface area contributed by atoms with Crippen LogP contribution in [0.3, 0.4) is 0 Å². The van der Waals surface area contributed by atoms with Gasteiger partial charge in [0, 0.05) is 6.54 Å². The first-order valence-corrected chi connectivity index (χ1v) is 6.63. The average Bonchev–Trinajstić information content (AvgIpc) is 2.35. The molecule has 1 aromatic rings. The third kappa shape index (κ3) is 4.74. The normalized spacial score (nSPS) is 13.9. The number of benzene rings is 1. The molecule has 0 bridgehead atoms. The van der Waals surface area contributed by atoms with Crippen molar-refractivity contribution in [3.8, 4) is 11.5 Å². The Balaban J connectivity index is 2.72. The Morgan fingerprint density at radius 3 is 2.65 bits per heavy atom. The number of aromatic hydroxyl groups is 1. The summed E-state index contributed by atoms with van der Waals surface area (Å²) in [6.45, 7) is 5.81. The van der Waals surface area contributed by atoms with Gasteiger partial charge in [0.15, 0.2) is 0 Å². The van der Waals surface area contributed by atoms with Gasteiger partial charge in [-0.2, -0.15) is 0 Å². The topological polar surface area (TPSA) is 78.8 Å². The lowest BCUT2D eigenvalue weighted by Crippen LogP contribution is -2.41. The minimum atomic E-state index is -0.974. The van der Waals surface area contributed by atoms with Gasteiger partial charge < -0.3 is 20.3 Å². The third-order valence-corrected chi connectivity index (χ3v) is 2.93. The van der Waals surface area contributed by atoms with Crippen molar-refractivity contribution >= 4 is 5.91 Å². The van der Waals surface area contributed by atoms with Crippen molar-refractivity contribution in [2.75, 3.05) is 13.7 Å². The van der Waals surface area contributed by atoms with Gasteiger partial charge in [-0.1, -0.05) is 13.8 Å². The van der Waals surface area contributed by atoms with E-state index in [-0.39, 0.29) is 17.9 Å². The Morgan fingerprint density at radius 2 is 2.10 bits per heavy atom. The highest BCUT2D eigenvalue weighted by Gasteiger charge is 2.23. The van der Waals surface area contributed by atoms with Crippen LogP contribution in [0.15, 0.2) is 18.2 Å². The molecule has 0 heterocycles. The molecule has 0 saturated carbocycles. The van der Waals surface area contributed by atoms with Crippen LogP contribution in [0.5, 0.6) is 11.5 Å². The number of methoxy groups -OCH3 is 1. The molecule has 5 nitrogen and oxygen atoms in total. The summed E-state index contributed by atoms with van der Waals surface area (Å²) in [7, 11) is 1.49. The van der Waals surface area contributed by atoms with E-state index in [1.54, 1.807) is 13.0 Å². The lowest BCUT2D eigenvalue weighted by Gasteiger charge is -2.25. The number of amides is 1. The molecule has 0 aromatic heterocycles. The van der Waals surface area contributed by atoms with Crippen LogP contribution in [0.4, 0.5) is 0 Å². The van der Waals surface area contributed by atoms with E-state index in [4.69, 9.17) is 4.74 Å². The molecule has 1 rings (SSSR count). The summed E-state index contributed by atoms with van der Waals surface area (Å²) in [5, 5.41) is 22.5. The second-order valence-electron chi connectivity index (χ2n) is 5.66. The van der Waals surface area contributed by atoms with E-state index in [1.165, 1.54) is 19.2 Å². The van der Waals surface area contributed by atoms with Crippen molar-refractivity contribution in [2.45, 2.75) is 32.8 Å². The summed E-state index contributed by atoms with van der Waals surface area (Å²) in [6.07, 6.45) is 0.581. The van der Waals surface area contributed by atoms with E-state index < -0.39 is 11.5 Å². The number of carbonyl (C=O) groups is 1. The second-order valence-corrected chi connectivity index (χ2v) is 5.66. The number of hydrogen-bond donors (Lipinski definition) is 3. The SMILES string of the molecule is COc1ccc(O)c(C(=O)NCC(C)(O)CC(C)C)c1. The average molecular weight is 281 g/mol. The van der Waals surface area contributed by atoms with Crippen molar-refractivity contribution in [1.82, 2.24) is 5.32 Å². The summed E-state index contributed by atoms with van der Waals surface area (Å²) in [5.41, 5.74) is -0.845. The number of aliphatic hydroxyl groups is 1. The molecule has 1 aromatic carbocycles.